The standard InChI is InChI=1S/C27H26F2N2O2/c1-2-22(19-10-4-3-5-11-19)27(32)31(17-20-12-6-8-14-24(20)28)18-21-16-26(30-33-21)23-13-7-9-15-25(23)29/h3-15,21-22H,2,16-18H2,1H3/t21-,22-/m1/s1. The van der Waals surface area contributed by atoms with E-state index in [9.17, 15) is 13.6 Å². The summed E-state index contributed by atoms with van der Waals surface area (Å²) in [6.45, 7) is 2.30. The smallest absolute Gasteiger partial charge is 0.230 e. The van der Waals surface area contributed by atoms with Crippen LogP contribution in [0.1, 0.15) is 42.4 Å². The number of hydrogen-bond acceptors (Lipinski definition) is 3. The number of carbonyl (C=O) groups is 1. The molecule has 0 saturated heterocycles. The van der Waals surface area contributed by atoms with Crippen LogP contribution >= 0.6 is 0 Å². The summed E-state index contributed by atoms with van der Waals surface area (Å²) >= 11 is 0. The molecular formula is C27H26F2N2O2. The number of oxime groups is 1. The van der Waals surface area contributed by atoms with Gasteiger partial charge in [-0.25, -0.2) is 8.78 Å². The molecule has 0 saturated carbocycles. The van der Waals surface area contributed by atoms with E-state index in [1.807, 2.05) is 37.3 Å². The molecule has 3 aromatic carbocycles. The fourth-order valence-electron chi connectivity index (χ4n) is 4.15. The van der Waals surface area contributed by atoms with Crippen molar-refractivity contribution < 1.29 is 18.4 Å². The fourth-order valence-corrected chi connectivity index (χ4v) is 4.15. The Bertz CT molecular complexity index is 1130. The van der Waals surface area contributed by atoms with Crippen LogP contribution in [0.25, 0.3) is 0 Å². The highest BCUT2D eigenvalue weighted by Gasteiger charge is 2.31. The predicted octanol–water partition coefficient (Wildman–Crippen LogP) is 5.68. The van der Waals surface area contributed by atoms with Gasteiger partial charge in [0.2, 0.25) is 5.91 Å². The zero-order chi connectivity index (χ0) is 23.2. The number of benzene rings is 3. The Hall–Kier alpha value is -3.54. The van der Waals surface area contributed by atoms with E-state index in [-0.39, 0.29) is 36.5 Å². The summed E-state index contributed by atoms with van der Waals surface area (Å²) in [4.78, 5) is 20.8. The Morgan fingerprint density at radius 3 is 2.36 bits per heavy atom. The molecule has 1 heterocycles. The summed E-state index contributed by atoms with van der Waals surface area (Å²) in [7, 11) is 0. The quantitative estimate of drug-likeness (QED) is 0.445. The van der Waals surface area contributed by atoms with Gasteiger partial charge in [-0.15, -0.1) is 0 Å². The van der Waals surface area contributed by atoms with Gasteiger partial charge in [0.15, 0.2) is 6.10 Å². The lowest BCUT2D eigenvalue weighted by Gasteiger charge is -2.29. The van der Waals surface area contributed by atoms with E-state index in [4.69, 9.17) is 4.84 Å². The SMILES string of the molecule is CC[C@@H](C(=O)N(Cc1ccccc1F)C[C@H]1CC(c2ccccc2F)=NO1)c1ccccc1. The third-order valence-corrected chi connectivity index (χ3v) is 5.88. The van der Waals surface area contributed by atoms with Crippen LogP contribution in [0.5, 0.6) is 0 Å². The van der Waals surface area contributed by atoms with Crippen molar-refractivity contribution in [3.05, 3.63) is 107 Å². The van der Waals surface area contributed by atoms with Gasteiger partial charge in [0.25, 0.3) is 0 Å². The Labute approximate surface area is 192 Å². The van der Waals surface area contributed by atoms with Gasteiger partial charge >= 0.3 is 0 Å². The predicted molar refractivity (Wildman–Crippen MR) is 124 cm³/mol. The molecule has 0 unspecified atom stereocenters. The molecule has 4 nitrogen and oxygen atoms in total. The third kappa shape index (κ3) is 5.28. The molecule has 0 bridgehead atoms. The first-order valence-corrected chi connectivity index (χ1v) is 11.1. The molecule has 1 aliphatic heterocycles. The normalized spacial score (nSPS) is 16.1. The van der Waals surface area contributed by atoms with Gasteiger partial charge in [-0.05, 0) is 24.1 Å². The summed E-state index contributed by atoms with van der Waals surface area (Å²) in [5.41, 5.74) is 2.25. The second-order valence-electron chi connectivity index (χ2n) is 8.13. The van der Waals surface area contributed by atoms with E-state index in [1.165, 1.54) is 12.1 Å². The van der Waals surface area contributed by atoms with Gasteiger partial charge in [-0.2, -0.15) is 0 Å². The Balaban J connectivity index is 1.55. The number of carbonyl (C=O) groups excluding carboxylic acids is 1. The molecule has 3 aromatic rings. The Morgan fingerprint density at radius 2 is 1.67 bits per heavy atom. The van der Waals surface area contributed by atoms with Crippen LogP contribution in [0.4, 0.5) is 8.78 Å². The summed E-state index contributed by atoms with van der Waals surface area (Å²) in [6.07, 6.45) is 0.534. The van der Waals surface area contributed by atoms with E-state index < -0.39 is 6.10 Å². The molecule has 0 radical (unpaired) electrons. The minimum absolute atomic E-state index is 0.102. The Kier molecular flexibility index (Phi) is 7.13. The maximum atomic E-state index is 14.4. The van der Waals surface area contributed by atoms with Crippen molar-refractivity contribution in [2.45, 2.75) is 38.3 Å². The number of nitrogens with zero attached hydrogens (tertiary/aromatic N) is 2. The lowest BCUT2D eigenvalue weighted by atomic mass is 9.94. The molecule has 0 aromatic heterocycles. The molecule has 0 aliphatic carbocycles. The van der Waals surface area contributed by atoms with E-state index in [2.05, 4.69) is 5.16 Å². The maximum Gasteiger partial charge on any atom is 0.230 e. The summed E-state index contributed by atoms with van der Waals surface area (Å²) < 4.78 is 28.6. The topological polar surface area (TPSA) is 41.9 Å². The molecule has 4 rings (SSSR count). The van der Waals surface area contributed by atoms with Crippen LogP contribution in [0.15, 0.2) is 84.0 Å². The highest BCUT2D eigenvalue weighted by atomic mass is 19.1. The number of rotatable bonds is 8. The van der Waals surface area contributed by atoms with Crippen molar-refractivity contribution in [2.75, 3.05) is 6.54 Å². The average molecular weight is 449 g/mol. The van der Waals surface area contributed by atoms with Crippen molar-refractivity contribution in [3.63, 3.8) is 0 Å². The molecule has 2 atom stereocenters. The second kappa shape index (κ2) is 10.4. The molecule has 6 heteroatoms. The lowest BCUT2D eigenvalue weighted by Crippen LogP contribution is -2.40. The molecule has 0 fully saturated rings. The first-order chi connectivity index (χ1) is 16.1. The van der Waals surface area contributed by atoms with Gasteiger partial charge in [0.05, 0.1) is 18.2 Å². The molecule has 1 aliphatic rings. The maximum absolute atomic E-state index is 14.4. The first-order valence-electron chi connectivity index (χ1n) is 11.1. The van der Waals surface area contributed by atoms with E-state index >= 15 is 0 Å². The van der Waals surface area contributed by atoms with Crippen LogP contribution in [0.2, 0.25) is 0 Å². The molecule has 33 heavy (non-hydrogen) atoms. The first kappa shape index (κ1) is 22.6. The van der Waals surface area contributed by atoms with E-state index in [0.29, 0.717) is 29.7 Å². The van der Waals surface area contributed by atoms with Gasteiger partial charge in [0.1, 0.15) is 11.6 Å². The third-order valence-electron chi connectivity index (χ3n) is 5.88. The molecule has 170 valence electrons. The van der Waals surface area contributed by atoms with Gasteiger partial charge < -0.3 is 9.74 Å². The van der Waals surface area contributed by atoms with Crippen LogP contribution in [-0.4, -0.2) is 29.2 Å². The van der Waals surface area contributed by atoms with Crippen molar-refractivity contribution in [1.29, 1.82) is 0 Å². The van der Waals surface area contributed by atoms with Crippen molar-refractivity contribution >= 4 is 11.6 Å². The molecule has 1 amide bonds. The summed E-state index contributed by atoms with van der Waals surface area (Å²) in [6, 6.07) is 22.4. The monoisotopic (exact) mass is 448 g/mol. The number of hydrogen-bond donors (Lipinski definition) is 0. The summed E-state index contributed by atoms with van der Waals surface area (Å²) in [5.74, 6) is -1.19. The van der Waals surface area contributed by atoms with Crippen LogP contribution < -0.4 is 0 Å². The van der Waals surface area contributed by atoms with Crippen LogP contribution in [0.3, 0.4) is 0 Å². The fraction of sp³-hybridized carbons (Fsp3) is 0.259. The van der Waals surface area contributed by atoms with Crippen molar-refractivity contribution in [1.82, 2.24) is 4.90 Å². The van der Waals surface area contributed by atoms with Crippen LogP contribution in [0, 0.1) is 11.6 Å². The lowest BCUT2D eigenvalue weighted by molar-refractivity contribution is -0.135. The van der Waals surface area contributed by atoms with Crippen molar-refractivity contribution in [3.8, 4) is 0 Å². The van der Waals surface area contributed by atoms with Crippen LogP contribution in [-0.2, 0) is 16.2 Å². The number of amides is 1. The van der Waals surface area contributed by atoms with E-state index in [1.54, 1.807) is 41.3 Å². The average Bonchev–Trinajstić information content (AvgIpc) is 3.30. The van der Waals surface area contributed by atoms with Crippen molar-refractivity contribution in [2.24, 2.45) is 5.16 Å². The van der Waals surface area contributed by atoms with E-state index in [0.717, 1.165) is 5.56 Å². The molecule has 0 N–H and O–H groups in total. The Morgan fingerprint density at radius 1 is 1.00 bits per heavy atom. The molecule has 0 spiro atoms. The molecular weight excluding hydrogens is 422 g/mol. The van der Waals surface area contributed by atoms with Gasteiger partial charge in [-0.3, -0.25) is 4.79 Å². The highest BCUT2D eigenvalue weighted by molar-refractivity contribution is 6.01. The number of halogens is 2. The zero-order valence-corrected chi connectivity index (χ0v) is 18.5. The minimum Gasteiger partial charge on any atom is -0.390 e. The van der Waals surface area contributed by atoms with Gasteiger partial charge in [0, 0.05) is 24.1 Å². The van der Waals surface area contributed by atoms with Gasteiger partial charge in [-0.1, -0.05) is 78.8 Å². The second-order valence-corrected chi connectivity index (χ2v) is 8.13. The minimum atomic E-state index is -0.441. The largest absolute Gasteiger partial charge is 0.390 e. The highest BCUT2D eigenvalue weighted by Crippen LogP contribution is 2.26. The summed E-state index contributed by atoms with van der Waals surface area (Å²) in [5, 5.41) is 4.07. The zero-order valence-electron chi connectivity index (χ0n) is 18.5.